The van der Waals surface area contributed by atoms with Crippen molar-refractivity contribution in [2.75, 3.05) is 10.6 Å². The molecule has 0 aliphatic rings. The van der Waals surface area contributed by atoms with E-state index in [4.69, 9.17) is 0 Å². The second-order valence-corrected chi connectivity index (χ2v) is 10.2. The molecule has 0 saturated heterocycles. The summed E-state index contributed by atoms with van der Waals surface area (Å²) < 4.78 is 27.8. The highest BCUT2D eigenvalue weighted by Gasteiger charge is 2.24. The third kappa shape index (κ3) is 4.97. The minimum Gasteiger partial charge on any atom is -0.307 e. The van der Waals surface area contributed by atoms with E-state index < -0.39 is 33.2 Å². The standard InChI is InChI=1S/C21H18N6O6S2/c1-11-18(34-20(22-11)23-12(2)28)35(32,33)26-19(30)24-13-7-9-14(10-8-13)27-17(29)15-5-3-4-6-16(15)25-21(27)31/h3-10H,1-2H3,(H,25,31)(H,22,23,28)(H2,24,26,30). The Labute approximate surface area is 201 Å². The summed E-state index contributed by atoms with van der Waals surface area (Å²) in [5.41, 5.74) is -0.132. The van der Waals surface area contributed by atoms with Crippen LogP contribution in [-0.2, 0) is 14.8 Å². The maximum Gasteiger partial charge on any atom is 0.333 e. The lowest BCUT2D eigenvalue weighted by Gasteiger charge is -2.10. The maximum absolute atomic E-state index is 12.8. The number of hydrogen-bond donors (Lipinski definition) is 4. The Morgan fingerprint density at radius 2 is 1.71 bits per heavy atom. The molecule has 4 N–H and O–H groups in total. The van der Waals surface area contributed by atoms with Crippen LogP contribution in [0.15, 0.2) is 62.3 Å². The van der Waals surface area contributed by atoms with Crippen molar-refractivity contribution < 1.29 is 18.0 Å². The molecule has 0 atom stereocenters. The van der Waals surface area contributed by atoms with E-state index in [0.717, 1.165) is 4.57 Å². The number of rotatable bonds is 5. The van der Waals surface area contributed by atoms with Crippen molar-refractivity contribution in [3.8, 4) is 5.69 Å². The fourth-order valence-corrected chi connectivity index (χ4v) is 5.62. The van der Waals surface area contributed by atoms with Crippen molar-refractivity contribution in [2.24, 2.45) is 0 Å². The number of fused-ring (bicyclic) bond motifs is 1. The van der Waals surface area contributed by atoms with Gasteiger partial charge in [-0.3, -0.25) is 9.59 Å². The molecule has 12 nitrogen and oxygen atoms in total. The summed E-state index contributed by atoms with van der Waals surface area (Å²) in [6.45, 7) is 2.69. The van der Waals surface area contributed by atoms with Crippen molar-refractivity contribution in [1.29, 1.82) is 0 Å². The Kier molecular flexibility index (Phi) is 6.24. The number of nitrogens with zero attached hydrogens (tertiary/aromatic N) is 2. The molecule has 0 aliphatic heterocycles. The van der Waals surface area contributed by atoms with E-state index in [-0.39, 0.29) is 26.4 Å². The van der Waals surface area contributed by atoms with E-state index in [1.807, 2.05) is 4.72 Å². The molecule has 4 rings (SSSR count). The highest BCUT2D eigenvalue weighted by molar-refractivity contribution is 7.92. The van der Waals surface area contributed by atoms with Gasteiger partial charge in [0.25, 0.3) is 15.6 Å². The third-order valence-electron chi connectivity index (χ3n) is 4.70. The predicted molar refractivity (Wildman–Crippen MR) is 131 cm³/mol. The molecule has 0 radical (unpaired) electrons. The number of benzene rings is 2. The van der Waals surface area contributed by atoms with Crippen LogP contribution in [0.5, 0.6) is 0 Å². The Bertz CT molecular complexity index is 1690. The molecule has 0 saturated carbocycles. The molecule has 0 fully saturated rings. The fourth-order valence-electron chi connectivity index (χ4n) is 3.25. The van der Waals surface area contributed by atoms with Crippen molar-refractivity contribution in [3.63, 3.8) is 0 Å². The largest absolute Gasteiger partial charge is 0.333 e. The zero-order valence-electron chi connectivity index (χ0n) is 18.3. The molecular weight excluding hydrogens is 496 g/mol. The normalized spacial score (nSPS) is 11.3. The lowest BCUT2D eigenvalue weighted by Crippen LogP contribution is -2.34. The zero-order chi connectivity index (χ0) is 25.3. The average molecular weight is 515 g/mol. The van der Waals surface area contributed by atoms with Gasteiger partial charge in [0.05, 0.1) is 22.3 Å². The van der Waals surface area contributed by atoms with Crippen molar-refractivity contribution >= 4 is 55.0 Å². The summed E-state index contributed by atoms with van der Waals surface area (Å²) in [4.78, 5) is 55.3. The quantitative estimate of drug-likeness (QED) is 0.315. The van der Waals surface area contributed by atoms with Crippen molar-refractivity contribution in [1.82, 2.24) is 19.3 Å². The van der Waals surface area contributed by atoms with E-state index in [1.54, 1.807) is 24.3 Å². The smallest absolute Gasteiger partial charge is 0.307 e. The Morgan fingerprint density at radius 3 is 2.40 bits per heavy atom. The van der Waals surface area contributed by atoms with Crippen LogP contribution < -0.4 is 26.6 Å². The van der Waals surface area contributed by atoms with Gasteiger partial charge >= 0.3 is 11.7 Å². The number of aryl methyl sites for hydroxylation is 1. The SMILES string of the molecule is CC(=O)Nc1nc(C)c(S(=O)(=O)NC(=O)Nc2ccc(-n3c(=O)[nH]c4ccccc4c3=O)cc2)s1. The minimum atomic E-state index is -4.26. The molecule has 0 bridgehead atoms. The number of hydrogen-bond acceptors (Lipinski definition) is 8. The molecule has 0 unspecified atom stereocenters. The lowest BCUT2D eigenvalue weighted by atomic mass is 10.2. The number of aromatic nitrogens is 3. The summed E-state index contributed by atoms with van der Waals surface area (Å²) in [5, 5.41) is 5.19. The van der Waals surface area contributed by atoms with E-state index in [1.165, 1.54) is 38.1 Å². The van der Waals surface area contributed by atoms with Gasteiger partial charge in [-0.1, -0.05) is 23.5 Å². The number of urea groups is 1. The highest BCUT2D eigenvalue weighted by atomic mass is 32.2. The molecule has 14 heteroatoms. The molecule has 35 heavy (non-hydrogen) atoms. The van der Waals surface area contributed by atoms with Crippen LogP contribution in [0, 0.1) is 6.92 Å². The maximum atomic E-state index is 12.8. The summed E-state index contributed by atoms with van der Waals surface area (Å²) >= 11 is 0.708. The number of aromatic amines is 1. The molecule has 0 spiro atoms. The van der Waals surface area contributed by atoms with Gasteiger partial charge in [-0.25, -0.2) is 32.3 Å². The van der Waals surface area contributed by atoms with Gasteiger partial charge in [0, 0.05) is 12.6 Å². The number of thiazole rings is 1. The van der Waals surface area contributed by atoms with Gasteiger partial charge in [-0.15, -0.1) is 0 Å². The van der Waals surface area contributed by atoms with Gasteiger partial charge < -0.3 is 15.6 Å². The first-order valence-corrected chi connectivity index (χ1v) is 12.3. The second-order valence-electron chi connectivity index (χ2n) is 7.30. The van der Waals surface area contributed by atoms with Crippen LogP contribution >= 0.6 is 11.3 Å². The Morgan fingerprint density at radius 1 is 1.03 bits per heavy atom. The van der Waals surface area contributed by atoms with Gasteiger partial charge in [0.2, 0.25) is 5.91 Å². The van der Waals surface area contributed by atoms with Crippen LogP contribution in [0.25, 0.3) is 16.6 Å². The number of carbonyl (C=O) groups excluding carboxylic acids is 2. The van der Waals surface area contributed by atoms with Gasteiger partial charge in [0.1, 0.15) is 0 Å². The Hall–Kier alpha value is -4.30. The molecule has 2 aromatic carbocycles. The van der Waals surface area contributed by atoms with E-state index in [9.17, 15) is 27.6 Å². The van der Waals surface area contributed by atoms with E-state index in [0.29, 0.717) is 22.2 Å². The monoisotopic (exact) mass is 514 g/mol. The number of nitrogens with one attached hydrogen (secondary N) is 4. The summed E-state index contributed by atoms with van der Waals surface area (Å²) in [6.07, 6.45) is 0. The number of para-hydroxylation sites is 1. The van der Waals surface area contributed by atoms with Crippen LogP contribution in [0.4, 0.5) is 15.6 Å². The molecule has 2 heterocycles. The Balaban J connectivity index is 1.52. The molecule has 2 aromatic heterocycles. The van der Waals surface area contributed by atoms with Crippen LogP contribution in [-0.4, -0.2) is 34.9 Å². The van der Waals surface area contributed by atoms with Gasteiger partial charge in [0.15, 0.2) is 9.34 Å². The summed E-state index contributed by atoms with van der Waals surface area (Å²) in [7, 11) is -4.26. The number of sulfonamides is 1. The van der Waals surface area contributed by atoms with Crippen LogP contribution in [0.1, 0.15) is 12.6 Å². The first kappa shape index (κ1) is 23.8. The van der Waals surface area contributed by atoms with Gasteiger partial charge in [-0.2, -0.15) is 0 Å². The van der Waals surface area contributed by atoms with Crippen LogP contribution in [0.3, 0.4) is 0 Å². The summed E-state index contributed by atoms with van der Waals surface area (Å²) in [6, 6.07) is 11.3. The number of carbonyl (C=O) groups is 2. The number of amides is 3. The topological polar surface area (TPSA) is 172 Å². The molecule has 180 valence electrons. The zero-order valence-corrected chi connectivity index (χ0v) is 19.9. The first-order chi connectivity index (χ1) is 16.5. The molecule has 0 aliphatic carbocycles. The first-order valence-electron chi connectivity index (χ1n) is 9.98. The number of anilines is 2. The predicted octanol–water partition coefficient (Wildman–Crippen LogP) is 1.91. The number of H-pyrrole nitrogens is 1. The lowest BCUT2D eigenvalue weighted by molar-refractivity contribution is -0.114. The second kappa shape index (κ2) is 9.15. The van der Waals surface area contributed by atoms with Crippen molar-refractivity contribution in [2.45, 2.75) is 18.1 Å². The fraction of sp³-hybridized carbons (Fsp3) is 0.0952. The summed E-state index contributed by atoms with van der Waals surface area (Å²) in [5.74, 6) is -0.412. The van der Waals surface area contributed by atoms with Crippen LogP contribution in [0.2, 0.25) is 0 Å². The van der Waals surface area contributed by atoms with Crippen molar-refractivity contribution in [3.05, 3.63) is 75.1 Å². The highest BCUT2D eigenvalue weighted by Crippen LogP contribution is 2.27. The molecule has 4 aromatic rings. The van der Waals surface area contributed by atoms with Gasteiger partial charge in [-0.05, 0) is 43.3 Å². The third-order valence-corrected chi connectivity index (χ3v) is 7.71. The van der Waals surface area contributed by atoms with E-state index in [2.05, 4.69) is 20.6 Å². The van der Waals surface area contributed by atoms with E-state index >= 15 is 0 Å². The molecule has 3 amide bonds. The minimum absolute atomic E-state index is 0.0882. The molecular formula is C21H18N6O6S2. The average Bonchev–Trinajstić information content (AvgIpc) is 3.14.